The summed E-state index contributed by atoms with van der Waals surface area (Å²) in [6, 6.07) is 7.67. The zero-order valence-electron chi connectivity index (χ0n) is 16.2. The Morgan fingerprint density at radius 3 is 2.57 bits per heavy atom. The predicted molar refractivity (Wildman–Crippen MR) is 108 cm³/mol. The van der Waals surface area contributed by atoms with Gasteiger partial charge < -0.3 is 15.4 Å². The van der Waals surface area contributed by atoms with E-state index in [-0.39, 0.29) is 23.3 Å². The van der Waals surface area contributed by atoms with E-state index in [0.717, 1.165) is 5.56 Å². The minimum atomic E-state index is -0.593. The highest BCUT2D eigenvalue weighted by Crippen LogP contribution is 2.43. The van der Waals surface area contributed by atoms with Gasteiger partial charge in [0.05, 0.1) is 12.8 Å². The first kappa shape index (κ1) is 20.1. The van der Waals surface area contributed by atoms with Gasteiger partial charge in [-0.1, -0.05) is 32.4 Å². The SMILES string of the molecule is COc1cc2c(cc1NC(=O)C(C)(C)C)C(c1cc(F)cc(Cl)c1)CC(=O)N2. The van der Waals surface area contributed by atoms with E-state index in [1.54, 1.807) is 18.2 Å². The Bertz CT molecular complexity index is 933. The summed E-state index contributed by atoms with van der Waals surface area (Å²) in [5, 5.41) is 5.96. The number of methoxy groups -OCH3 is 1. The third-order valence-electron chi connectivity index (χ3n) is 4.63. The smallest absolute Gasteiger partial charge is 0.229 e. The highest BCUT2D eigenvalue weighted by Gasteiger charge is 2.30. The number of benzene rings is 2. The van der Waals surface area contributed by atoms with Crippen LogP contribution in [0.25, 0.3) is 0 Å². The number of amides is 2. The van der Waals surface area contributed by atoms with Gasteiger partial charge in [0.15, 0.2) is 0 Å². The van der Waals surface area contributed by atoms with Crippen molar-refractivity contribution < 1.29 is 18.7 Å². The molecule has 0 radical (unpaired) electrons. The molecule has 1 unspecified atom stereocenters. The van der Waals surface area contributed by atoms with Crippen LogP contribution < -0.4 is 15.4 Å². The number of halogens is 2. The Kier molecular flexibility index (Phi) is 5.35. The molecular weight excluding hydrogens is 383 g/mol. The molecule has 1 aliphatic rings. The lowest BCUT2D eigenvalue weighted by molar-refractivity contribution is -0.123. The summed E-state index contributed by atoms with van der Waals surface area (Å²) < 4.78 is 19.3. The number of hydrogen-bond donors (Lipinski definition) is 2. The molecule has 148 valence electrons. The van der Waals surface area contributed by atoms with Crippen LogP contribution in [0.3, 0.4) is 0 Å². The van der Waals surface area contributed by atoms with Crippen molar-refractivity contribution >= 4 is 34.8 Å². The largest absolute Gasteiger partial charge is 0.494 e. The molecule has 0 aromatic heterocycles. The maximum Gasteiger partial charge on any atom is 0.229 e. The molecule has 1 heterocycles. The molecule has 5 nitrogen and oxygen atoms in total. The highest BCUT2D eigenvalue weighted by atomic mass is 35.5. The van der Waals surface area contributed by atoms with Crippen molar-refractivity contribution in [1.82, 2.24) is 0 Å². The standard InChI is InChI=1S/C21H22ClFN2O3/c1-21(2,3)20(27)25-17-8-15-14(11-5-12(22)7-13(23)6-11)9-19(26)24-16(15)10-18(17)28-4/h5-8,10,14H,9H2,1-4H3,(H,24,26)(H,25,27). The van der Waals surface area contributed by atoms with E-state index in [2.05, 4.69) is 10.6 Å². The summed E-state index contributed by atoms with van der Waals surface area (Å²) in [7, 11) is 1.49. The molecule has 2 N–H and O–H groups in total. The molecule has 7 heteroatoms. The summed E-state index contributed by atoms with van der Waals surface area (Å²) >= 11 is 6.01. The first-order chi connectivity index (χ1) is 13.1. The summed E-state index contributed by atoms with van der Waals surface area (Å²) in [6.07, 6.45) is 0.145. The lowest BCUT2D eigenvalue weighted by Gasteiger charge is -2.28. The van der Waals surface area contributed by atoms with Crippen LogP contribution in [0.4, 0.5) is 15.8 Å². The molecule has 1 atom stereocenters. The first-order valence-electron chi connectivity index (χ1n) is 8.87. The van der Waals surface area contributed by atoms with Crippen LogP contribution in [0.5, 0.6) is 5.75 Å². The number of nitrogens with one attached hydrogen (secondary N) is 2. The number of anilines is 2. The highest BCUT2D eigenvalue weighted by molar-refractivity contribution is 6.30. The van der Waals surface area contributed by atoms with Gasteiger partial charge in [0, 0.05) is 34.5 Å². The van der Waals surface area contributed by atoms with Gasteiger partial charge in [-0.2, -0.15) is 0 Å². The fraction of sp³-hybridized carbons (Fsp3) is 0.333. The first-order valence-corrected chi connectivity index (χ1v) is 9.25. The van der Waals surface area contributed by atoms with Crippen LogP contribution in [-0.4, -0.2) is 18.9 Å². The van der Waals surface area contributed by atoms with Gasteiger partial charge in [-0.15, -0.1) is 0 Å². The summed E-state index contributed by atoms with van der Waals surface area (Å²) in [6.45, 7) is 5.43. The van der Waals surface area contributed by atoms with Crippen LogP contribution in [0.15, 0.2) is 30.3 Å². The van der Waals surface area contributed by atoms with Crippen molar-refractivity contribution in [3.8, 4) is 5.75 Å². The zero-order valence-corrected chi connectivity index (χ0v) is 16.9. The monoisotopic (exact) mass is 404 g/mol. The number of hydrogen-bond acceptors (Lipinski definition) is 3. The minimum absolute atomic E-state index is 0.145. The minimum Gasteiger partial charge on any atom is -0.494 e. The molecule has 2 aromatic carbocycles. The third kappa shape index (κ3) is 4.12. The van der Waals surface area contributed by atoms with Crippen LogP contribution in [0.1, 0.15) is 44.2 Å². The van der Waals surface area contributed by atoms with Gasteiger partial charge in [-0.3, -0.25) is 9.59 Å². The molecule has 2 amide bonds. The lowest BCUT2D eigenvalue weighted by Crippen LogP contribution is -2.28. The maximum absolute atomic E-state index is 13.9. The van der Waals surface area contributed by atoms with Crippen molar-refractivity contribution in [3.63, 3.8) is 0 Å². The predicted octanol–water partition coefficient (Wildman–Crippen LogP) is 4.95. The van der Waals surface area contributed by atoms with Crippen LogP contribution in [0, 0.1) is 11.2 Å². The molecule has 0 spiro atoms. The molecule has 0 fully saturated rings. The Labute approximate surface area is 168 Å². The van der Waals surface area contributed by atoms with Gasteiger partial charge in [0.25, 0.3) is 0 Å². The van der Waals surface area contributed by atoms with E-state index in [9.17, 15) is 14.0 Å². The van der Waals surface area contributed by atoms with E-state index in [1.807, 2.05) is 20.8 Å². The average Bonchev–Trinajstić information content (AvgIpc) is 2.59. The second kappa shape index (κ2) is 7.43. The van der Waals surface area contributed by atoms with E-state index >= 15 is 0 Å². The molecule has 0 aliphatic carbocycles. The van der Waals surface area contributed by atoms with Crippen molar-refractivity contribution in [2.24, 2.45) is 5.41 Å². The Balaban J connectivity index is 2.11. The fourth-order valence-corrected chi connectivity index (χ4v) is 3.37. The number of carbonyl (C=O) groups excluding carboxylic acids is 2. The van der Waals surface area contributed by atoms with Gasteiger partial charge in [0.2, 0.25) is 11.8 Å². The van der Waals surface area contributed by atoms with E-state index in [0.29, 0.717) is 22.7 Å². The molecule has 0 saturated carbocycles. The summed E-state index contributed by atoms with van der Waals surface area (Å²) in [5.41, 5.74) is 1.81. The summed E-state index contributed by atoms with van der Waals surface area (Å²) in [4.78, 5) is 24.7. The number of carbonyl (C=O) groups is 2. The van der Waals surface area contributed by atoms with Crippen molar-refractivity contribution in [3.05, 3.63) is 52.3 Å². The zero-order chi connectivity index (χ0) is 20.6. The van der Waals surface area contributed by atoms with E-state index in [4.69, 9.17) is 16.3 Å². The molecule has 2 aromatic rings. The molecule has 28 heavy (non-hydrogen) atoms. The molecular formula is C21H22ClFN2O3. The van der Waals surface area contributed by atoms with E-state index < -0.39 is 17.2 Å². The van der Waals surface area contributed by atoms with E-state index in [1.165, 1.54) is 19.2 Å². The maximum atomic E-state index is 13.9. The fourth-order valence-electron chi connectivity index (χ4n) is 3.14. The Morgan fingerprint density at radius 2 is 1.96 bits per heavy atom. The Morgan fingerprint density at radius 1 is 1.25 bits per heavy atom. The van der Waals surface area contributed by atoms with Crippen molar-refractivity contribution in [2.75, 3.05) is 17.7 Å². The van der Waals surface area contributed by atoms with Crippen molar-refractivity contribution in [2.45, 2.75) is 33.1 Å². The molecule has 0 bridgehead atoms. The molecule has 0 saturated heterocycles. The van der Waals surface area contributed by atoms with Crippen molar-refractivity contribution in [1.29, 1.82) is 0 Å². The van der Waals surface area contributed by atoms with Gasteiger partial charge in [-0.05, 0) is 35.4 Å². The van der Waals surface area contributed by atoms with Crippen LogP contribution in [-0.2, 0) is 9.59 Å². The molecule has 1 aliphatic heterocycles. The van der Waals surface area contributed by atoms with Gasteiger partial charge >= 0.3 is 0 Å². The normalized spacial score (nSPS) is 16.2. The summed E-state index contributed by atoms with van der Waals surface area (Å²) in [5.74, 6) is -0.796. The quantitative estimate of drug-likeness (QED) is 0.760. The van der Waals surface area contributed by atoms with Gasteiger partial charge in [-0.25, -0.2) is 4.39 Å². The number of rotatable bonds is 3. The third-order valence-corrected chi connectivity index (χ3v) is 4.85. The number of fused-ring (bicyclic) bond motifs is 1. The second-order valence-electron chi connectivity index (χ2n) is 7.85. The van der Waals surface area contributed by atoms with Crippen LogP contribution in [0.2, 0.25) is 5.02 Å². The Hall–Kier alpha value is -2.60. The average molecular weight is 405 g/mol. The lowest BCUT2D eigenvalue weighted by atomic mass is 9.84. The number of ether oxygens (including phenoxy) is 1. The topological polar surface area (TPSA) is 67.4 Å². The van der Waals surface area contributed by atoms with Gasteiger partial charge in [0.1, 0.15) is 11.6 Å². The van der Waals surface area contributed by atoms with Crippen LogP contribution >= 0.6 is 11.6 Å². The second-order valence-corrected chi connectivity index (χ2v) is 8.29. The molecule has 3 rings (SSSR count).